The maximum absolute atomic E-state index is 11.4. The standard InChI is InChI=1S/C11H21NO5/c1-6(2)11(16)17-10(7(3)13)12(8(4)14)9(5)15/h7-10,13-15H,1H2,2-5H3. The Hall–Kier alpha value is -0.950. The van der Waals surface area contributed by atoms with E-state index in [2.05, 4.69) is 6.58 Å². The van der Waals surface area contributed by atoms with Crippen molar-refractivity contribution in [3.05, 3.63) is 12.2 Å². The molecule has 3 N–H and O–H groups in total. The van der Waals surface area contributed by atoms with E-state index in [1.165, 1.54) is 27.7 Å². The molecule has 0 saturated carbocycles. The Morgan fingerprint density at radius 2 is 1.59 bits per heavy atom. The molecular weight excluding hydrogens is 226 g/mol. The lowest BCUT2D eigenvalue weighted by molar-refractivity contribution is -0.213. The summed E-state index contributed by atoms with van der Waals surface area (Å²) in [5, 5.41) is 28.5. The molecule has 100 valence electrons. The van der Waals surface area contributed by atoms with Crippen molar-refractivity contribution in [2.24, 2.45) is 0 Å². The van der Waals surface area contributed by atoms with Crippen LogP contribution in [-0.2, 0) is 9.53 Å². The third kappa shape index (κ3) is 4.82. The Bertz CT molecular complexity index is 267. The largest absolute Gasteiger partial charge is 0.440 e. The van der Waals surface area contributed by atoms with Crippen molar-refractivity contribution in [2.45, 2.75) is 52.5 Å². The molecule has 0 aromatic carbocycles. The molecule has 0 rings (SSSR count). The first kappa shape index (κ1) is 16.1. The third-order valence-electron chi connectivity index (χ3n) is 2.15. The second-order valence-corrected chi connectivity index (χ2v) is 4.03. The molecule has 0 radical (unpaired) electrons. The normalized spacial score (nSPS) is 18.4. The number of carbonyl (C=O) groups is 1. The predicted octanol–water partition coefficient (Wildman–Crippen LogP) is -0.209. The van der Waals surface area contributed by atoms with Gasteiger partial charge in [-0.25, -0.2) is 9.69 Å². The lowest BCUT2D eigenvalue weighted by Gasteiger charge is -2.36. The summed E-state index contributed by atoms with van der Waals surface area (Å²) in [7, 11) is 0. The maximum atomic E-state index is 11.4. The summed E-state index contributed by atoms with van der Waals surface area (Å²) in [6, 6.07) is 0. The van der Waals surface area contributed by atoms with Gasteiger partial charge in [0, 0.05) is 5.57 Å². The van der Waals surface area contributed by atoms with Gasteiger partial charge in [0.15, 0.2) is 6.23 Å². The highest BCUT2D eigenvalue weighted by Crippen LogP contribution is 2.14. The number of nitrogens with zero attached hydrogens (tertiary/aromatic N) is 1. The quantitative estimate of drug-likeness (QED) is 0.342. The number of ether oxygens (including phenoxy) is 1. The Balaban J connectivity index is 4.94. The highest BCUT2D eigenvalue weighted by molar-refractivity contribution is 5.87. The summed E-state index contributed by atoms with van der Waals surface area (Å²) in [6.45, 7) is 9.08. The van der Waals surface area contributed by atoms with Crippen LogP contribution in [0.4, 0.5) is 0 Å². The van der Waals surface area contributed by atoms with Gasteiger partial charge in [0.25, 0.3) is 0 Å². The van der Waals surface area contributed by atoms with Crippen molar-refractivity contribution in [1.29, 1.82) is 0 Å². The van der Waals surface area contributed by atoms with Gasteiger partial charge in [0.2, 0.25) is 0 Å². The summed E-state index contributed by atoms with van der Waals surface area (Å²) in [5.41, 5.74) is 0.173. The molecular formula is C11H21NO5. The zero-order chi connectivity index (χ0) is 13.7. The minimum absolute atomic E-state index is 0.173. The van der Waals surface area contributed by atoms with Crippen LogP contribution in [0.1, 0.15) is 27.7 Å². The molecule has 0 aromatic rings. The summed E-state index contributed by atoms with van der Waals surface area (Å²) < 4.78 is 4.98. The number of hydrogen-bond acceptors (Lipinski definition) is 6. The molecule has 0 fully saturated rings. The number of rotatable bonds is 6. The minimum Gasteiger partial charge on any atom is -0.440 e. The first-order valence-electron chi connectivity index (χ1n) is 5.36. The number of esters is 1. The maximum Gasteiger partial charge on any atom is 0.334 e. The van der Waals surface area contributed by atoms with Gasteiger partial charge >= 0.3 is 5.97 Å². The zero-order valence-electron chi connectivity index (χ0n) is 10.6. The molecule has 0 saturated heterocycles. The van der Waals surface area contributed by atoms with Crippen LogP contribution in [0.25, 0.3) is 0 Å². The van der Waals surface area contributed by atoms with Crippen molar-refractivity contribution < 1.29 is 24.9 Å². The second-order valence-electron chi connectivity index (χ2n) is 4.03. The molecule has 0 spiro atoms. The van der Waals surface area contributed by atoms with E-state index < -0.39 is 30.8 Å². The van der Waals surface area contributed by atoms with Crippen molar-refractivity contribution in [1.82, 2.24) is 4.90 Å². The summed E-state index contributed by atoms with van der Waals surface area (Å²) in [6.07, 6.45) is -4.36. The Kier molecular flexibility index (Phi) is 6.33. The fourth-order valence-corrected chi connectivity index (χ4v) is 1.36. The SMILES string of the molecule is C=C(C)C(=O)OC(C(C)O)N(C(C)O)C(C)O. The molecule has 6 heteroatoms. The summed E-state index contributed by atoms with van der Waals surface area (Å²) >= 11 is 0. The minimum atomic E-state index is -1.14. The molecule has 0 bridgehead atoms. The summed E-state index contributed by atoms with van der Waals surface area (Å²) in [4.78, 5) is 12.5. The van der Waals surface area contributed by atoms with Gasteiger partial charge in [0.05, 0.1) is 0 Å². The van der Waals surface area contributed by atoms with E-state index in [1.54, 1.807) is 0 Å². The van der Waals surface area contributed by atoms with Gasteiger partial charge in [-0.1, -0.05) is 6.58 Å². The van der Waals surface area contributed by atoms with Gasteiger partial charge in [-0.2, -0.15) is 0 Å². The smallest absolute Gasteiger partial charge is 0.334 e. The van der Waals surface area contributed by atoms with E-state index in [0.717, 1.165) is 4.90 Å². The molecule has 0 aliphatic rings. The van der Waals surface area contributed by atoms with Crippen LogP contribution >= 0.6 is 0 Å². The second kappa shape index (κ2) is 6.70. The lowest BCUT2D eigenvalue weighted by Crippen LogP contribution is -2.53. The molecule has 0 aliphatic heterocycles. The fraction of sp³-hybridized carbons (Fsp3) is 0.727. The van der Waals surface area contributed by atoms with Crippen LogP contribution < -0.4 is 0 Å². The van der Waals surface area contributed by atoms with Crippen LogP contribution in [-0.4, -0.2) is 51.0 Å². The number of hydrogen-bond donors (Lipinski definition) is 3. The van der Waals surface area contributed by atoms with Gasteiger partial charge in [-0.05, 0) is 27.7 Å². The van der Waals surface area contributed by atoms with Crippen LogP contribution in [0.2, 0.25) is 0 Å². The molecule has 6 nitrogen and oxygen atoms in total. The molecule has 4 unspecified atom stereocenters. The van der Waals surface area contributed by atoms with Crippen LogP contribution in [0.3, 0.4) is 0 Å². The van der Waals surface area contributed by atoms with Gasteiger partial charge in [-0.3, -0.25) is 0 Å². The first-order valence-corrected chi connectivity index (χ1v) is 5.36. The van der Waals surface area contributed by atoms with Crippen LogP contribution in [0, 0.1) is 0 Å². The van der Waals surface area contributed by atoms with E-state index in [0.29, 0.717) is 0 Å². The van der Waals surface area contributed by atoms with Gasteiger partial charge in [-0.15, -0.1) is 0 Å². The van der Waals surface area contributed by atoms with E-state index in [1.807, 2.05) is 0 Å². The molecule has 0 aliphatic carbocycles. The van der Waals surface area contributed by atoms with E-state index in [9.17, 15) is 20.1 Å². The molecule has 0 amide bonds. The monoisotopic (exact) mass is 247 g/mol. The Morgan fingerprint density at radius 1 is 1.18 bits per heavy atom. The topological polar surface area (TPSA) is 90.2 Å². The lowest BCUT2D eigenvalue weighted by atomic mass is 10.2. The molecule has 0 aromatic heterocycles. The zero-order valence-corrected chi connectivity index (χ0v) is 10.6. The van der Waals surface area contributed by atoms with Gasteiger partial charge in [0.1, 0.15) is 18.6 Å². The Morgan fingerprint density at radius 3 is 1.82 bits per heavy atom. The van der Waals surface area contributed by atoms with E-state index >= 15 is 0 Å². The van der Waals surface area contributed by atoms with Crippen LogP contribution in [0.15, 0.2) is 12.2 Å². The third-order valence-corrected chi connectivity index (χ3v) is 2.15. The van der Waals surface area contributed by atoms with Crippen molar-refractivity contribution >= 4 is 5.97 Å². The molecule has 17 heavy (non-hydrogen) atoms. The first-order chi connectivity index (χ1) is 7.68. The number of aliphatic hydroxyl groups excluding tert-OH is 3. The van der Waals surface area contributed by atoms with Crippen molar-refractivity contribution in [3.63, 3.8) is 0 Å². The molecule has 0 heterocycles. The highest BCUT2D eigenvalue weighted by atomic mass is 16.6. The van der Waals surface area contributed by atoms with Crippen molar-refractivity contribution in [3.8, 4) is 0 Å². The molecule has 4 atom stereocenters. The van der Waals surface area contributed by atoms with Crippen molar-refractivity contribution in [2.75, 3.05) is 0 Å². The van der Waals surface area contributed by atoms with E-state index in [-0.39, 0.29) is 5.57 Å². The number of carbonyl (C=O) groups excluding carboxylic acids is 1. The van der Waals surface area contributed by atoms with E-state index in [4.69, 9.17) is 4.74 Å². The summed E-state index contributed by atoms with van der Waals surface area (Å²) in [5.74, 6) is -0.692. The van der Waals surface area contributed by atoms with Crippen LogP contribution in [0.5, 0.6) is 0 Å². The van der Waals surface area contributed by atoms with Gasteiger partial charge < -0.3 is 20.1 Å². The average Bonchev–Trinajstić information content (AvgIpc) is 2.14. The average molecular weight is 247 g/mol. The fourth-order valence-electron chi connectivity index (χ4n) is 1.36. The predicted molar refractivity (Wildman–Crippen MR) is 61.6 cm³/mol. The highest BCUT2D eigenvalue weighted by Gasteiger charge is 2.32. The number of aliphatic hydroxyl groups is 3. The Labute approximate surface area is 101 Å².